The molecule has 1 N–H and O–H groups in total. The zero-order valence-electron chi connectivity index (χ0n) is 19.1. The third kappa shape index (κ3) is 4.39. The number of para-hydroxylation sites is 1. The number of nitrogens with zero attached hydrogens (tertiary/aromatic N) is 5. The molecule has 1 unspecified atom stereocenters. The summed E-state index contributed by atoms with van der Waals surface area (Å²) >= 11 is 2.51. The van der Waals surface area contributed by atoms with Gasteiger partial charge in [0.1, 0.15) is 11.3 Å². The number of hydrogen-bond acceptors (Lipinski definition) is 5. The van der Waals surface area contributed by atoms with Gasteiger partial charge in [-0.2, -0.15) is 0 Å². The molecule has 1 fully saturated rings. The monoisotopic (exact) mass is 544 g/mol. The van der Waals surface area contributed by atoms with E-state index in [9.17, 15) is 0 Å². The second-order valence-electron chi connectivity index (χ2n) is 9.28. The predicted octanol–water partition coefficient (Wildman–Crippen LogP) is 4.41. The Morgan fingerprint density at radius 3 is 2.84 bits per heavy atom. The van der Waals surface area contributed by atoms with Crippen molar-refractivity contribution in [2.45, 2.75) is 44.8 Å². The number of H-pyrrole nitrogens is 1. The minimum Gasteiger partial charge on any atom is -0.367 e. The van der Waals surface area contributed by atoms with E-state index in [1.54, 1.807) is 0 Å². The fourth-order valence-electron chi connectivity index (χ4n) is 5.19. The van der Waals surface area contributed by atoms with Crippen molar-refractivity contribution < 1.29 is 0 Å². The Kier molecular flexibility index (Phi) is 6.66. The molecular weight excluding hydrogens is 511 g/mol. The summed E-state index contributed by atoms with van der Waals surface area (Å²) in [6, 6.07) is 11.7. The minimum atomic E-state index is 0.357. The van der Waals surface area contributed by atoms with E-state index in [-0.39, 0.29) is 0 Å². The summed E-state index contributed by atoms with van der Waals surface area (Å²) in [6.07, 6.45) is 5.48. The number of piperazine rings is 1. The van der Waals surface area contributed by atoms with Gasteiger partial charge in [0.25, 0.3) is 0 Å². The van der Waals surface area contributed by atoms with Crippen molar-refractivity contribution in [2.24, 2.45) is 0 Å². The average Bonchev–Trinajstić information content (AvgIpc) is 3.25. The molecule has 1 aliphatic carbocycles. The second-order valence-corrected chi connectivity index (χ2v) is 10.2. The molecule has 2 aromatic heterocycles. The van der Waals surface area contributed by atoms with Crippen LogP contribution in [-0.4, -0.2) is 68.4 Å². The minimum absolute atomic E-state index is 0.357. The molecular formula is C25H33IN6. The van der Waals surface area contributed by atoms with Gasteiger partial charge in [-0.05, 0) is 57.0 Å². The van der Waals surface area contributed by atoms with Crippen molar-refractivity contribution in [3.05, 3.63) is 53.6 Å². The summed E-state index contributed by atoms with van der Waals surface area (Å²) in [7, 11) is 2.20. The number of rotatable bonds is 6. The molecule has 2 aliphatic rings. The molecule has 0 saturated carbocycles. The van der Waals surface area contributed by atoms with Crippen LogP contribution in [0.1, 0.15) is 42.9 Å². The molecule has 5 rings (SSSR count). The highest BCUT2D eigenvalue weighted by molar-refractivity contribution is 14.1. The van der Waals surface area contributed by atoms with Gasteiger partial charge in [0.2, 0.25) is 0 Å². The maximum atomic E-state index is 5.14. The van der Waals surface area contributed by atoms with Crippen LogP contribution in [0.25, 0.3) is 11.0 Å². The van der Waals surface area contributed by atoms with Gasteiger partial charge in [-0.25, -0.2) is 4.98 Å². The lowest BCUT2D eigenvalue weighted by molar-refractivity contribution is 0.126. The largest absolute Gasteiger partial charge is 0.367 e. The Morgan fingerprint density at radius 1 is 1.19 bits per heavy atom. The van der Waals surface area contributed by atoms with E-state index in [4.69, 9.17) is 9.97 Å². The van der Waals surface area contributed by atoms with Gasteiger partial charge in [-0.3, -0.25) is 9.88 Å². The summed E-state index contributed by atoms with van der Waals surface area (Å²) in [6.45, 7) is 7.47. The van der Waals surface area contributed by atoms with Crippen molar-refractivity contribution in [3.8, 4) is 0 Å². The third-order valence-electron chi connectivity index (χ3n) is 7.07. The molecule has 170 valence electrons. The van der Waals surface area contributed by atoms with Crippen LogP contribution in [0.5, 0.6) is 0 Å². The van der Waals surface area contributed by atoms with Crippen LogP contribution in [0, 0.1) is 0 Å². The molecule has 0 spiro atoms. The highest BCUT2D eigenvalue weighted by Gasteiger charge is 2.30. The smallest absolute Gasteiger partial charge is 0.121 e. The summed E-state index contributed by atoms with van der Waals surface area (Å²) in [5, 5.41) is 0. The number of likely N-dealkylation sites (N-methyl/N-ethyl adjacent to an activating group) is 1. The van der Waals surface area contributed by atoms with Gasteiger partial charge in [0.15, 0.2) is 0 Å². The molecule has 32 heavy (non-hydrogen) atoms. The fraction of sp³-hybridized carbons (Fsp3) is 0.520. The number of fused-ring (bicyclic) bond motifs is 2. The lowest BCUT2D eigenvalue weighted by Gasteiger charge is -2.38. The zero-order valence-corrected chi connectivity index (χ0v) is 21.3. The topological polar surface area (TPSA) is 51.3 Å². The Morgan fingerprint density at radius 2 is 2.03 bits per heavy atom. The first-order valence-electron chi connectivity index (χ1n) is 11.8. The number of anilines is 1. The highest BCUT2D eigenvalue weighted by atomic mass is 127. The Bertz CT molecular complexity index is 1060. The van der Waals surface area contributed by atoms with E-state index in [2.05, 4.69) is 86.6 Å². The number of aromatic amines is 1. The van der Waals surface area contributed by atoms with E-state index >= 15 is 0 Å². The quantitative estimate of drug-likeness (QED) is 0.368. The molecule has 7 heteroatoms. The van der Waals surface area contributed by atoms with Crippen LogP contribution in [0.4, 0.5) is 5.69 Å². The number of aromatic nitrogens is 3. The number of pyridine rings is 1. The SMILES string of the molecule is CC(CI)N(Cc1nc2c(N3CCN(C)CC3)cccc2[nH]1)[C@H]1CCCc2cccnc21. The van der Waals surface area contributed by atoms with Crippen molar-refractivity contribution in [1.29, 1.82) is 0 Å². The predicted molar refractivity (Wildman–Crippen MR) is 140 cm³/mol. The number of alkyl halides is 1. The molecule has 3 aromatic rings. The fourth-order valence-corrected chi connectivity index (χ4v) is 5.69. The number of nitrogens with one attached hydrogen (secondary N) is 1. The van der Waals surface area contributed by atoms with Gasteiger partial charge in [0.05, 0.1) is 29.5 Å². The van der Waals surface area contributed by atoms with E-state index in [1.165, 1.54) is 23.4 Å². The standard InChI is InChI=1S/C25H33IN6/c1-18(16-26)32(22-10-3-6-19-7-5-11-27-24(19)22)17-23-28-20-8-4-9-21(25(20)29-23)31-14-12-30(2)13-15-31/h4-5,7-9,11,18,22H,3,6,10,12-17H2,1-2H3,(H,28,29)/t18?,22-/m0/s1. The lowest BCUT2D eigenvalue weighted by Crippen LogP contribution is -2.44. The van der Waals surface area contributed by atoms with Gasteiger partial charge in [-0.15, -0.1) is 0 Å². The summed E-state index contributed by atoms with van der Waals surface area (Å²) < 4.78 is 1.09. The first-order valence-corrected chi connectivity index (χ1v) is 13.3. The van der Waals surface area contributed by atoms with E-state index in [1.807, 2.05) is 6.20 Å². The van der Waals surface area contributed by atoms with Crippen molar-refractivity contribution in [1.82, 2.24) is 24.8 Å². The van der Waals surface area contributed by atoms with Gasteiger partial charge in [-0.1, -0.05) is 34.7 Å². The maximum absolute atomic E-state index is 5.14. The molecule has 1 aromatic carbocycles. The van der Waals surface area contributed by atoms with Crippen LogP contribution >= 0.6 is 22.6 Å². The molecule has 0 radical (unpaired) electrons. The zero-order chi connectivity index (χ0) is 22.1. The normalized spacial score (nSPS) is 20.6. The molecule has 1 aliphatic heterocycles. The van der Waals surface area contributed by atoms with Crippen LogP contribution in [0.3, 0.4) is 0 Å². The van der Waals surface area contributed by atoms with Crippen LogP contribution in [0.2, 0.25) is 0 Å². The molecule has 0 bridgehead atoms. The molecule has 2 atom stereocenters. The van der Waals surface area contributed by atoms with Crippen LogP contribution < -0.4 is 4.90 Å². The number of aryl methyl sites for hydroxylation is 1. The molecule has 3 heterocycles. The maximum Gasteiger partial charge on any atom is 0.121 e. The summed E-state index contributed by atoms with van der Waals surface area (Å²) in [5.74, 6) is 1.06. The van der Waals surface area contributed by atoms with E-state index < -0.39 is 0 Å². The number of hydrogen-bond donors (Lipinski definition) is 1. The van der Waals surface area contributed by atoms with Crippen molar-refractivity contribution in [3.63, 3.8) is 0 Å². The second kappa shape index (κ2) is 9.65. The van der Waals surface area contributed by atoms with Crippen LogP contribution in [0.15, 0.2) is 36.5 Å². The third-order valence-corrected chi connectivity index (χ3v) is 8.35. The highest BCUT2D eigenvalue weighted by Crippen LogP contribution is 2.35. The Balaban J connectivity index is 1.45. The summed E-state index contributed by atoms with van der Waals surface area (Å²) in [5.41, 5.74) is 6.19. The van der Waals surface area contributed by atoms with Gasteiger partial charge in [0, 0.05) is 42.8 Å². The Labute approximate surface area is 204 Å². The number of halogens is 1. The number of imidazole rings is 1. The summed E-state index contributed by atoms with van der Waals surface area (Å²) in [4.78, 5) is 21.1. The van der Waals surface area contributed by atoms with Crippen LogP contribution in [-0.2, 0) is 13.0 Å². The first-order chi connectivity index (χ1) is 15.6. The van der Waals surface area contributed by atoms with Crippen molar-refractivity contribution in [2.75, 3.05) is 42.6 Å². The lowest BCUT2D eigenvalue weighted by atomic mass is 9.90. The van der Waals surface area contributed by atoms with Crippen molar-refractivity contribution >= 4 is 39.3 Å². The Hall–Kier alpha value is -1.71. The van der Waals surface area contributed by atoms with E-state index in [0.29, 0.717) is 12.1 Å². The van der Waals surface area contributed by atoms with Gasteiger partial charge < -0.3 is 14.8 Å². The average molecular weight is 544 g/mol. The molecule has 6 nitrogen and oxygen atoms in total. The number of benzene rings is 1. The molecule has 1 saturated heterocycles. The first kappa shape index (κ1) is 22.1. The van der Waals surface area contributed by atoms with E-state index in [0.717, 1.165) is 66.9 Å². The van der Waals surface area contributed by atoms with Gasteiger partial charge >= 0.3 is 0 Å². The molecule has 0 amide bonds.